The molecule has 0 aliphatic carbocycles. The van der Waals surface area contributed by atoms with Crippen molar-refractivity contribution in [3.8, 4) is 0 Å². The molecule has 96 valence electrons. The second-order valence-corrected chi connectivity index (χ2v) is 4.89. The van der Waals surface area contributed by atoms with Gasteiger partial charge in [-0.25, -0.2) is 4.68 Å². The molecule has 0 saturated carbocycles. The summed E-state index contributed by atoms with van der Waals surface area (Å²) in [6, 6.07) is 7.67. The summed E-state index contributed by atoms with van der Waals surface area (Å²) in [7, 11) is 0. The first-order chi connectivity index (χ1) is 8.63. The van der Waals surface area contributed by atoms with Crippen molar-refractivity contribution in [2.45, 2.75) is 32.9 Å². The van der Waals surface area contributed by atoms with Crippen LogP contribution in [0.2, 0.25) is 5.02 Å². The zero-order chi connectivity index (χ0) is 13.1. The molecule has 0 saturated heterocycles. The number of aromatic nitrogens is 3. The van der Waals surface area contributed by atoms with Gasteiger partial charge in [-0.15, -0.1) is 5.10 Å². The van der Waals surface area contributed by atoms with Crippen LogP contribution in [0.15, 0.2) is 24.3 Å². The van der Waals surface area contributed by atoms with Crippen molar-refractivity contribution in [2.75, 3.05) is 0 Å². The van der Waals surface area contributed by atoms with Crippen LogP contribution >= 0.6 is 11.6 Å². The molecule has 2 rings (SSSR count). The number of hydrogen-bond donors (Lipinski definition) is 1. The first-order valence-electron chi connectivity index (χ1n) is 5.90. The van der Waals surface area contributed by atoms with Gasteiger partial charge in [0.2, 0.25) is 0 Å². The van der Waals surface area contributed by atoms with Crippen LogP contribution in [0, 0.1) is 0 Å². The third-order valence-corrected chi connectivity index (χ3v) is 3.19. The topological polar surface area (TPSA) is 50.9 Å². The Balaban J connectivity index is 2.35. The fourth-order valence-electron chi connectivity index (χ4n) is 2.01. The van der Waals surface area contributed by atoms with E-state index in [1.807, 2.05) is 24.3 Å². The maximum Gasteiger partial charge on any atom is 0.112 e. The smallest absolute Gasteiger partial charge is 0.112 e. The number of aliphatic hydroxyl groups is 1. The maximum absolute atomic E-state index is 9.26. The molecule has 0 amide bonds. The van der Waals surface area contributed by atoms with Crippen molar-refractivity contribution < 1.29 is 5.11 Å². The largest absolute Gasteiger partial charge is 0.390 e. The molecule has 0 spiro atoms. The highest BCUT2D eigenvalue weighted by Crippen LogP contribution is 2.21. The number of nitrogens with zero attached hydrogens (tertiary/aromatic N) is 3. The Morgan fingerprint density at radius 3 is 2.67 bits per heavy atom. The van der Waals surface area contributed by atoms with E-state index < -0.39 is 0 Å². The van der Waals surface area contributed by atoms with E-state index in [1.54, 1.807) is 4.68 Å². The molecule has 2 aromatic rings. The van der Waals surface area contributed by atoms with Crippen LogP contribution in [0.5, 0.6) is 0 Å². The molecule has 4 nitrogen and oxygen atoms in total. The molecule has 1 N–H and O–H groups in total. The van der Waals surface area contributed by atoms with Crippen molar-refractivity contribution >= 4 is 11.6 Å². The van der Waals surface area contributed by atoms with E-state index in [2.05, 4.69) is 24.2 Å². The minimum Gasteiger partial charge on any atom is -0.390 e. The summed E-state index contributed by atoms with van der Waals surface area (Å²) < 4.78 is 1.80. The van der Waals surface area contributed by atoms with Gasteiger partial charge in [0, 0.05) is 5.02 Å². The number of halogens is 1. The van der Waals surface area contributed by atoms with Gasteiger partial charge >= 0.3 is 0 Å². The van der Waals surface area contributed by atoms with Gasteiger partial charge < -0.3 is 5.11 Å². The zero-order valence-corrected chi connectivity index (χ0v) is 11.2. The van der Waals surface area contributed by atoms with Gasteiger partial charge in [0.25, 0.3) is 0 Å². The van der Waals surface area contributed by atoms with Crippen LogP contribution < -0.4 is 0 Å². The fourth-order valence-corrected chi connectivity index (χ4v) is 2.20. The Bertz CT molecular complexity index is 537. The van der Waals surface area contributed by atoms with Gasteiger partial charge in [-0.2, -0.15) is 0 Å². The molecule has 0 unspecified atom stereocenters. The second-order valence-electron chi connectivity index (χ2n) is 4.48. The SMILES string of the molecule is CC(C)c1c(CO)nnn1Cc1ccccc1Cl. The highest BCUT2D eigenvalue weighted by atomic mass is 35.5. The number of hydrogen-bond acceptors (Lipinski definition) is 3. The lowest BCUT2D eigenvalue weighted by atomic mass is 10.1. The van der Waals surface area contributed by atoms with Crippen LogP contribution in [0.3, 0.4) is 0 Å². The minimum atomic E-state index is -0.0873. The summed E-state index contributed by atoms with van der Waals surface area (Å²) in [5.74, 6) is 0.254. The van der Waals surface area contributed by atoms with Crippen molar-refractivity contribution in [1.29, 1.82) is 0 Å². The summed E-state index contributed by atoms with van der Waals surface area (Å²) >= 11 is 6.14. The number of benzene rings is 1. The lowest BCUT2D eigenvalue weighted by molar-refractivity contribution is 0.275. The molecule has 1 heterocycles. The number of aliphatic hydroxyl groups excluding tert-OH is 1. The quantitative estimate of drug-likeness (QED) is 0.924. The summed E-state index contributed by atoms with van der Waals surface area (Å²) in [6.07, 6.45) is 0. The molecule has 0 atom stereocenters. The average molecular weight is 266 g/mol. The minimum absolute atomic E-state index is 0.0873. The predicted molar refractivity (Wildman–Crippen MR) is 70.6 cm³/mol. The average Bonchev–Trinajstić information content (AvgIpc) is 2.75. The van der Waals surface area contributed by atoms with Crippen molar-refractivity contribution in [3.63, 3.8) is 0 Å². The highest BCUT2D eigenvalue weighted by Gasteiger charge is 2.16. The Labute approximate surface area is 111 Å². The van der Waals surface area contributed by atoms with Gasteiger partial charge in [0.05, 0.1) is 18.8 Å². The summed E-state index contributed by atoms with van der Waals surface area (Å²) in [4.78, 5) is 0. The molecule has 0 bridgehead atoms. The molecule has 0 fully saturated rings. The van der Waals surface area contributed by atoms with Gasteiger partial charge in [0.15, 0.2) is 0 Å². The van der Waals surface area contributed by atoms with Crippen molar-refractivity contribution in [2.24, 2.45) is 0 Å². The molecule has 0 aliphatic rings. The first-order valence-corrected chi connectivity index (χ1v) is 6.27. The van der Waals surface area contributed by atoms with Gasteiger partial charge in [0.1, 0.15) is 5.69 Å². The van der Waals surface area contributed by atoms with Crippen LogP contribution in [-0.4, -0.2) is 20.1 Å². The maximum atomic E-state index is 9.26. The molecule has 18 heavy (non-hydrogen) atoms. The standard InChI is InChI=1S/C13H16ClN3O/c1-9(2)13-12(8-18)15-16-17(13)7-10-5-3-4-6-11(10)14/h3-6,9,18H,7-8H2,1-2H3. The highest BCUT2D eigenvalue weighted by molar-refractivity contribution is 6.31. The predicted octanol–water partition coefficient (Wildman–Crippen LogP) is 2.60. The van der Waals surface area contributed by atoms with E-state index in [0.29, 0.717) is 17.3 Å². The normalized spacial score (nSPS) is 11.2. The van der Waals surface area contributed by atoms with E-state index in [4.69, 9.17) is 11.6 Å². The summed E-state index contributed by atoms with van der Waals surface area (Å²) in [6.45, 7) is 4.60. The molecule has 0 radical (unpaired) electrons. The molecule has 0 aliphatic heterocycles. The van der Waals surface area contributed by atoms with Crippen molar-refractivity contribution in [1.82, 2.24) is 15.0 Å². The van der Waals surface area contributed by atoms with E-state index >= 15 is 0 Å². The Morgan fingerprint density at radius 1 is 1.33 bits per heavy atom. The molecule has 1 aromatic carbocycles. The van der Waals surface area contributed by atoms with Crippen LogP contribution in [0.1, 0.15) is 36.7 Å². The third kappa shape index (κ3) is 2.54. The first kappa shape index (κ1) is 13.1. The van der Waals surface area contributed by atoms with E-state index in [0.717, 1.165) is 11.3 Å². The van der Waals surface area contributed by atoms with Crippen LogP contribution in [0.25, 0.3) is 0 Å². The molecule has 1 aromatic heterocycles. The Kier molecular flexibility index (Phi) is 3.99. The van der Waals surface area contributed by atoms with Gasteiger partial charge in [-0.05, 0) is 17.5 Å². The summed E-state index contributed by atoms with van der Waals surface area (Å²) in [5.41, 5.74) is 2.59. The van der Waals surface area contributed by atoms with Crippen LogP contribution in [-0.2, 0) is 13.2 Å². The second kappa shape index (κ2) is 5.50. The Hall–Kier alpha value is -1.39. The molecular weight excluding hydrogens is 250 g/mol. The zero-order valence-electron chi connectivity index (χ0n) is 10.5. The fraction of sp³-hybridized carbons (Fsp3) is 0.385. The molecule has 5 heteroatoms. The van der Waals surface area contributed by atoms with E-state index in [9.17, 15) is 5.11 Å². The van der Waals surface area contributed by atoms with Crippen molar-refractivity contribution in [3.05, 3.63) is 46.2 Å². The number of rotatable bonds is 4. The lowest BCUT2D eigenvalue weighted by Crippen LogP contribution is -2.09. The van der Waals surface area contributed by atoms with Gasteiger partial charge in [-0.1, -0.05) is 48.9 Å². The van der Waals surface area contributed by atoms with E-state index in [-0.39, 0.29) is 12.5 Å². The lowest BCUT2D eigenvalue weighted by Gasteiger charge is -2.11. The third-order valence-electron chi connectivity index (χ3n) is 2.82. The van der Waals surface area contributed by atoms with Gasteiger partial charge in [-0.3, -0.25) is 0 Å². The Morgan fingerprint density at radius 2 is 2.06 bits per heavy atom. The summed E-state index contributed by atoms with van der Waals surface area (Å²) in [5, 5.41) is 18.1. The molecular formula is C13H16ClN3O. The van der Waals surface area contributed by atoms with Crippen LogP contribution in [0.4, 0.5) is 0 Å². The monoisotopic (exact) mass is 265 g/mol. The van der Waals surface area contributed by atoms with E-state index in [1.165, 1.54) is 0 Å².